The van der Waals surface area contributed by atoms with Crippen LogP contribution >= 0.6 is 23.2 Å². The fourth-order valence-electron chi connectivity index (χ4n) is 4.20. The summed E-state index contributed by atoms with van der Waals surface area (Å²) in [7, 11) is 0. The van der Waals surface area contributed by atoms with Crippen LogP contribution < -0.4 is 16.2 Å². The van der Waals surface area contributed by atoms with Crippen molar-refractivity contribution >= 4 is 45.7 Å². The number of hydrogen-bond donors (Lipinski definition) is 2. The van der Waals surface area contributed by atoms with Crippen LogP contribution in [0.5, 0.6) is 0 Å². The van der Waals surface area contributed by atoms with Crippen molar-refractivity contribution in [3.8, 4) is 5.69 Å². The van der Waals surface area contributed by atoms with Gasteiger partial charge in [-0.15, -0.1) is 0 Å². The lowest BCUT2D eigenvalue weighted by Gasteiger charge is -2.33. The Balaban J connectivity index is 1.49. The number of halogens is 2. The van der Waals surface area contributed by atoms with E-state index in [9.17, 15) is 4.79 Å². The zero-order valence-electron chi connectivity index (χ0n) is 17.6. The molecule has 0 aliphatic carbocycles. The normalized spacial score (nSPS) is 14.9. The van der Waals surface area contributed by atoms with Gasteiger partial charge in [0, 0.05) is 36.6 Å². The summed E-state index contributed by atoms with van der Waals surface area (Å²) in [6, 6.07) is 13.2. The van der Waals surface area contributed by atoms with E-state index in [1.165, 1.54) is 21.9 Å². The molecule has 5 rings (SSSR count). The van der Waals surface area contributed by atoms with Crippen molar-refractivity contribution in [2.75, 3.05) is 11.9 Å². The van der Waals surface area contributed by atoms with Crippen LogP contribution in [0.2, 0.25) is 10.0 Å². The van der Waals surface area contributed by atoms with E-state index in [4.69, 9.17) is 23.2 Å². The lowest BCUT2D eigenvalue weighted by Crippen LogP contribution is -2.38. The molecule has 6 nitrogen and oxygen atoms in total. The number of nitrogens with zero attached hydrogens (tertiary/aromatic N) is 3. The van der Waals surface area contributed by atoms with Gasteiger partial charge in [-0.2, -0.15) is 0 Å². The minimum Gasteiger partial charge on any atom is -0.324 e. The first-order valence-electron chi connectivity index (χ1n) is 10.3. The molecule has 1 aliphatic rings. The molecule has 2 N–H and O–H groups in total. The van der Waals surface area contributed by atoms with Gasteiger partial charge in [-0.1, -0.05) is 49.2 Å². The topological polar surface area (TPSA) is 71.8 Å². The summed E-state index contributed by atoms with van der Waals surface area (Å²) in [6.45, 7) is 6.26. The van der Waals surface area contributed by atoms with Gasteiger partial charge in [0.1, 0.15) is 0 Å². The average molecular weight is 466 g/mol. The number of fused-ring (bicyclic) bond motifs is 2. The Kier molecular flexibility index (Phi) is 5.16. The SMILES string of the molecule is CC1(C)CNCc2cc(Nc3ncc4c(=O)n(-c5c(Cl)cccc5Cl)ccc4n3)ccc21. The molecule has 1 aliphatic heterocycles. The van der Waals surface area contributed by atoms with Gasteiger partial charge < -0.3 is 10.6 Å². The maximum absolute atomic E-state index is 13.1. The highest BCUT2D eigenvalue weighted by molar-refractivity contribution is 6.37. The average Bonchev–Trinajstić information content (AvgIpc) is 2.75. The van der Waals surface area contributed by atoms with Crippen LogP contribution in [0.3, 0.4) is 0 Å². The van der Waals surface area contributed by atoms with Gasteiger partial charge in [0.05, 0.1) is 26.6 Å². The van der Waals surface area contributed by atoms with Crippen LogP contribution in [0, 0.1) is 0 Å². The molecule has 0 saturated carbocycles. The molecular formula is C24H21Cl2N5O. The summed E-state index contributed by atoms with van der Waals surface area (Å²) in [5, 5.41) is 7.88. The highest BCUT2D eigenvalue weighted by Gasteiger charge is 2.27. The van der Waals surface area contributed by atoms with Crippen molar-refractivity contribution in [2.45, 2.75) is 25.8 Å². The summed E-state index contributed by atoms with van der Waals surface area (Å²) in [4.78, 5) is 22.0. The van der Waals surface area contributed by atoms with Gasteiger partial charge in [0.15, 0.2) is 0 Å². The Labute approximate surface area is 195 Å². The van der Waals surface area contributed by atoms with E-state index >= 15 is 0 Å². The molecule has 3 heterocycles. The Morgan fingerprint density at radius 1 is 1.12 bits per heavy atom. The summed E-state index contributed by atoms with van der Waals surface area (Å²) >= 11 is 12.6. The molecule has 0 unspecified atom stereocenters. The van der Waals surface area contributed by atoms with Gasteiger partial charge in [-0.05, 0) is 41.5 Å². The Hall–Kier alpha value is -2.93. The van der Waals surface area contributed by atoms with Gasteiger partial charge in [-0.25, -0.2) is 9.97 Å². The van der Waals surface area contributed by atoms with Gasteiger partial charge in [0.25, 0.3) is 5.56 Å². The third kappa shape index (κ3) is 3.64. The fraction of sp³-hybridized carbons (Fsp3) is 0.208. The number of benzene rings is 2. The van der Waals surface area contributed by atoms with E-state index < -0.39 is 0 Å². The van der Waals surface area contributed by atoms with E-state index in [0.29, 0.717) is 32.6 Å². The fourth-order valence-corrected chi connectivity index (χ4v) is 4.78. The first-order valence-corrected chi connectivity index (χ1v) is 11.0. The molecule has 0 radical (unpaired) electrons. The summed E-state index contributed by atoms with van der Waals surface area (Å²) < 4.78 is 1.42. The smallest absolute Gasteiger partial charge is 0.266 e. The molecule has 8 heteroatoms. The van der Waals surface area contributed by atoms with Crippen LogP contribution in [0.1, 0.15) is 25.0 Å². The third-order valence-corrected chi connectivity index (χ3v) is 6.41. The van der Waals surface area contributed by atoms with Crippen LogP contribution in [-0.4, -0.2) is 21.1 Å². The molecule has 0 bridgehead atoms. The molecular weight excluding hydrogens is 445 g/mol. The highest BCUT2D eigenvalue weighted by atomic mass is 35.5. The van der Waals surface area contributed by atoms with E-state index in [1.807, 2.05) is 6.07 Å². The molecule has 162 valence electrons. The molecule has 0 amide bonds. The van der Waals surface area contributed by atoms with Crippen molar-refractivity contribution in [3.63, 3.8) is 0 Å². The largest absolute Gasteiger partial charge is 0.324 e. The maximum atomic E-state index is 13.1. The first kappa shape index (κ1) is 20.9. The zero-order chi connectivity index (χ0) is 22.5. The second-order valence-electron chi connectivity index (χ2n) is 8.54. The minimum absolute atomic E-state index is 0.0933. The number of rotatable bonds is 3. The van der Waals surface area contributed by atoms with Crippen molar-refractivity contribution < 1.29 is 0 Å². The van der Waals surface area contributed by atoms with Crippen LogP contribution in [-0.2, 0) is 12.0 Å². The third-order valence-electron chi connectivity index (χ3n) is 5.80. The molecule has 2 aromatic heterocycles. The minimum atomic E-state index is -0.286. The molecule has 2 aromatic carbocycles. The molecule has 0 spiro atoms. The summed E-state index contributed by atoms with van der Waals surface area (Å²) in [6.07, 6.45) is 3.15. The number of hydrogen-bond acceptors (Lipinski definition) is 5. The van der Waals surface area contributed by atoms with Gasteiger partial charge in [0.2, 0.25) is 5.95 Å². The van der Waals surface area contributed by atoms with E-state index in [0.717, 1.165) is 18.8 Å². The lowest BCUT2D eigenvalue weighted by molar-refractivity contribution is 0.435. The van der Waals surface area contributed by atoms with E-state index in [2.05, 4.69) is 46.6 Å². The molecule has 0 saturated heterocycles. The Bertz CT molecular complexity index is 1390. The number of para-hydroxylation sites is 1. The Morgan fingerprint density at radius 2 is 1.91 bits per heavy atom. The second-order valence-corrected chi connectivity index (χ2v) is 9.35. The predicted molar refractivity (Wildman–Crippen MR) is 130 cm³/mol. The summed E-state index contributed by atoms with van der Waals surface area (Å²) in [5.41, 5.74) is 4.29. The first-order chi connectivity index (χ1) is 15.3. The number of nitrogens with one attached hydrogen (secondary N) is 2. The number of pyridine rings is 1. The molecule has 0 fully saturated rings. The maximum Gasteiger partial charge on any atom is 0.266 e. The van der Waals surface area contributed by atoms with Crippen LogP contribution in [0.4, 0.5) is 11.6 Å². The van der Waals surface area contributed by atoms with Crippen molar-refractivity contribution in [3.05, 3.63) is 86.4 Å². The molecule has 32 heavy (non-hydrogen) atoms. The standard InChI is InChI=1S/C24H21Cl2N5O/c1-24(2)13-27-11-14-10-15(6-7-17(14)24)29-23-28-12-16-20(30-23)8-9-31(22(16)32)21-18(25)4-3-5-19(21)26/h3-10,12,27H,11,13H2,1-2H3,(H,28,29,30). The van der Waals surface area contributed by atoms with Crippen molar-refractivity contribution in [1.29, 1.82) is 0 Å². The second kappa shape index (κ2) is 7.89. The predicted octanol–water partition coefficient (Wildman–Crippen LogP) is 5.21. The van der Waals surface area contributed by atoms with Gasteiger partial charge >= 0.3 is 0 Å². The summed E-state index contributed by atoms with van der Waals surface area (Å²) in [5.74, 6) is 0.424. The van der Waals surface area contributed by atoms with E-state index in [-0.39, 0.29) is 11.0 Å². The quantitative estimate of drug-likeness (QED) is 0.434. The van der Waals surface area contributed by atoms with Crippen LogP contribution in [0.25, 0.3) is 16.6 Å². The number of anilines is 2. The monoisotopic (exact) mass is 465 g/mol. The van der Waals surface area contributed by atoms with Gasteiger partial charge in [-0.3, -0.25) is 9.36 Å². The number of aromatic nitrogens is 3. The van der Waals surface area contributed by atoms with Crippen molar-refractivity contribution in [1.82, 2.24) is 19.9 Å². The Morgan fingerprint density at radius 3 is 2.69 bits per heavy atom. The lowest BCUT2D eigenvalue weighted by atomic mass is 9.79. The molecule has 0 atom stereocenters. The zero-order valence-corrected chi connectivity index (χ0v) is 19.1. The molecule has 4 aromatic rings. The van der Waals surface area contributed by atoms with Crippen LogP contribution in [0.15, 0.2) is 59.7 Å². The van der Waals surface area contributed by atoms with E-state index in [1.54, 1.807) is 30.5 Å². The highest BCUT2D eigenvalue weighted by Crippen LogP contribution is 2.32. The van der Waals surface area contributed by atoms with Crippen molar-refractivity contribution in [2.24, 2.45) is 0 Å².